The Morgan fingerprint density at radius 1 is 1.25 bits per heavy atom. The van der Waals surface area contributed by atoms with Crippen molar-refractivity contribution in [2.75, 3.05) is 32.1 Å². The second kappa shape index (κ2) is 9.80. The van der Waals surface area contributed by atoms with Gasteiger partial charge in [-0.3, -0.25) is 9.59 Å². The molecular formula is C15H16ClF6N3O3. The molecule has 0 atom stereocenters. The number of carbonyl (C=O) groups is 2. The van der Waals surface area contributed by atoms with Gasteiger partial charge in [0.05, 0.1) is 24.1 Å². The number of rotatable bonds is 8. The van der Waals surface area contributed by atoms with Crippen LogP contribution < -0.4 is 5.32 Å². The maximum atomic E-state index is 12.5. The van der Waals surface area contributed by atoms with Crippen LogP contribution in [-0.4, -0.2) is 54.7 Å². The van der Waals surface area contributed by atoms with Crippen molar-refractivity contribution in [3.8, 4) is 0 Å². The molecule has 0 radical (unpaired) electrons. The van der Waals surface area contributed by atoms with Gasteiger partial charge in [0.1, 0.15) is 12.4 Å². The monoisotopic (exact) mass is 435 g/mol. The highest BCUT2D eigenvalue weighted by Gasteiger charge is 2.32. The molecule has 13 heteroatoms. The zero-order chi connectivity index (χ0) is 21.5. The summed E-state index contributed by atoms with van der Waals surface area (Å²) in [5, 5.41) is 2.18. The third-order valence-electron chi connectivity index (χ3n) is 3.37. The van der Waals surface area contributed by atoms with E-state index in [9.17, 15) is 35.9 Å². The Kier molecular flexibility index (Phi) is 8.33. The molecule has 0 aliphatic heterocycles. The molecule has 6 nitrogen and oxygen atoms in total. The highest BCUT2D eigenvalue weighted by molar-refractivity contribution is 6.32. The molecule has 1 rings (SSSR count). The highest BCUT2D eigenvalue weighted by atomic mass is 35.5. The van der Waals surface area contributed by atoms with E-state index in [0.717, 1.165) is 7.11 Å². The quantitative estimate of drug-likeness (QED) is 0.500. The molecule has 1 heterocycles. The van der Waals surface area contributed by atoms with Crippen molar-refractivity contribution in [3.05, 3.63) is 22.8 Å². The van der Waals surface area contributed by atoms with Gasteiger partial charge in [0.15, 0.2) is 0 Å². The summed E-state index contributed by atoms with van der Waals surface area (Å²) in [4.78, 5) is 27.5. The summed E-state index contributed by atoms with van der Waals surface area (Å²) in [5.74, 6) is -1.81. The number of pyridine rings is 1. The van der Waals surface area contributed by atoms with Gasteiger partial charge >= 0.3 is 18.3 Å². The maximum Gasteiger partial charge on any atom is 0.417 e. The molecule has 1 amide bonds. The summed E-state index contributed by atoms with van der Waals surface area (Å²) in [7, 11) is 1.02. The van der Waals surface area contributed by atoms with E-state index in [4.69, 9.17) is 11.6 Å². The van der Waals surface area contributed by atoms with Crippen LogP contribution in [0.2, 0.25) is 5.02 Å². The summed E-state index contributed by atoms with van der Waals surface area (Å²) in [5.41, 5.74) is -1.06. The number of hydrogen-bond donors (Lipinski definition) is 1. The lowest BCUT2D eigenvalue weighted by Crippen LogP contribution is -2.39. The lowest BCUT2D eigenvalue weighted by atomic mass is 10.2. The minimum atomic E-state index is -4.63. The van der Waals surface area contributed by atoms with Crippen molar-refractivity contribution in [2.24, 2.45) is 0 Å². The average Bonchev–Trinajstić information content (AvgIpc) is 2.57. The van der Waals surface area contributed by atoms with Gasteiger partial charge in [-0.1, -0.05) is 11.6 Å². The number of hydrogen-bond acceptors (Lipinski definition) is 5. The number of esters is 1. The van der Waals surface area contributed by atoms with Crippen LogP contribution in [0.4, 0.5) is 32.2 Å². The first-order valence-electron chi connectivity index (χ1n) is 7.71. The number of alkyl halides is 6. The first-order valence-corrected chi connectivity index (χ1v) is 8.09. The van der Waals surface area contributed by atoms with Crippen LogP contribution in [0.15, 0.2) is 12.3 Å². The van der Waals surface area contributed by atoms with Gasteiger partial charge in [0, 0.05) is 25.7 Å². The molecule has 0 aromatic carbocycles. The summed E-state index contributed by atoms with van der Waals surface area (Å²) in [6, 6.07) is 0.644. The molecule has 0 spiro atoms. The lowest BCUT2D eigenvalue weighted by molar-refractivity contribution is -0.153. The standard InChI is InChI=1S/C15H16ClF6N3O3/c1-28-12(27)8-25(5-3-14(17,18)19)11(26)2-4-23-13-10(16)6-9(7-24-13)15(20,21)22/h6-7H,2-5,8H2,1H3,(H,23,24). The van der Waals surface area contributed by atoms with E-state index in [1.807, 2.05) is 0 Å². The minimum Gasteiger partial charge on any atom is -0.468 e. The molecular weight excluding hydrogens is 420 g/mol. The van der Waals surface area contributed by atoms with Crippen LogP contribution in [0, 0.1) is 0 Å². The van der Waals surface area contributed by atoms with Gasteiger partial charge in [0.2, 0.25) is 5.91 Å². The molecule has 1 N–H and O–H groups in total. The number of aromatic nitrogens is 1. The van der Waals surface area contributed by atoms with Crippen molar-refractivity contribution in [2.45, 2.75) is 25.2 Å². The molecule has 1 aromatic heterocycles. The Balaban J connectivity index is 2.67. The SMILES string of the molecule is COC(=O)CN(CCC(F)(F)F)C(=O)CCNc1ncc(C(F)(F)F)cc1Cl. The molecule has 0 bridgehead atoms. The van der Waals surface area contributed by atoms with E-state index in [-0.39, 0.29) is 23.8 Å². The predicted molar refractivity (Wildman–Crippen MR) is 86.6 cm³/mol. The van der Waals surface area contributed by atoms with Crippen molar-refractivity contribution in [3.63, 3.8) is 0 Å². The van der Waals surface area contributed by atoms with E-state index in [2.05, 4.69) is 15.0 Å². The summed E-state index contributed by atoms with van der Waals surface area (Å²) in [6.45, 7) is -1.58. The Morgan fingerprint density at radius 2 is 1.89 bits per heavy atom. The van der Waals surface area contributed by atoms with Crippen LogP contribution in [0.1, 0.15) is 18.4 Å². The van der Waals surface area contributed by atoms with Crippen LogP contribution in [-0.2, 0) is 20.5 Å². The smallest absolute Gasteiger partial charge is 0.417 e. The van der Waals surface area contributed by atoms with Gasteiger partial charge in [-0.05, 0) is 6.07 Å². The molecule has 0 saturated heterocycles. The third kappa shape index (κ3) is 8.19. The second-order valence-corrected chi connectivity index (χ2v) is 5.89. The van der Waals surface area contributed by atoms with Crippen LogP contribution in [0.5, 0.6) is 0 Å². The van der Waals surface area contributed by atoms with E-state index in [1.54, 1.807) is 0 Å². The predicted octanol–water partition coefficient (Wildman–Crippen LogP) is 3.51. The Morgan fingerprint density at radius 3 is 2.39 bits per heavy atom. The zero-order valence-electron chi connectivity index (χ0n) is 14.5. The number of methoxy groups -OCH3 is 1. The fourth-order valence-corrected chi connectivity index (χ4v) is 2.18. The van der Waals surface area contributed by atoms with Crippen molar-refractivity contribution >= 4 is 29.3 Å². The summed E-state index contributed by atoms with van der Waals surface area (Å²) in [6.07, 6.45) is -10.3. The van der Waals surface area contributed by atoms with Gasteiger partial charge in [-0.2, -0.15) is 26.3 Å². The number of nitrogens with one attached hydrogen (secondary N) is 1. The first-order chi connectivity index (χ1) is 12.8. The van der Waals surface area contributed by atoms with E-state index in [0.29, 0.717) is 17.2 Å². The number of nitrogens with zero attached hydrogens (tertiary/aromatic N) is 2. The van der Waals surface area contributed by atoms with Crippen LogP contribution in [0.3, 0.4) is 0 Å². The molecule has 0 aliphatic rings. The Hall–Kier alpha value is -2.24. The van der Waals surface area contributed by atoms with Crippen LogP contribution >= 0.6 is 11.6 Å². The molecule has 158 valence electrons. The van der Waals surface area contributed by atoms with E-state index < -0.39 is 49.3 Å². The number of amides is 1. The number of halogens is 7. The Bertz CT molecular complexity index is 697. The van der Waals surface area contributed by atoms with E-state index in [1.165, 1.54) is 0 Å². The molecule has 0 unspecified atom stereocenters. The highest BCUT2D eigenvalue weighted by Crippen LogP contribution is 2.32. The van der Waals surface area contributed by atoms with Crippen molar-refractivity contribution in [1.82, 2.24) is 9.88 Å². The fraction of sp³-hybridized carbons (Fsp3) is 0.533. The molecule has 0 fully saturated rings. The van der Waals surface area contributed by atoms with E-state index >= 15 is 0 Å². The fourth-order valence-electron chi connectivity index (χ4n) is 1.94. The van der Waals surface area contributed by atoms with Gasteiger partial charge < -0.3 is 15.0 Å². The molecule has 0 saturated carbocycles. The number of carbonyl (C=O) groups excluding carboxylic acids is 2. The summed E-state index contributed by atoms with van der Waals surface area (Å²) < 4.78 is 79.1. The second-order valence-electron chi connectivity index (χ2n) is 5.49. The summed E-state index contributed by atoms with van der Waals surface area (Å²) >= 11 is 5.69. The van der Waals surface area contributed by atoms with Gasteiger partial charge in [-0.15, -0.1) is 0 Å². The molecule has 0 aliphatic carbocycles. The van der Waals surface area contributed by atoms with Gasteiger partial charge in [-0.25, -0.2) is 4.98 Å². The largest absolute Gasteiger partial charge is 0.468 e. The Labute approximate surface area is 160 Å². The average molecular weight is 436 g/mol. The normalized spacial score (nSPS) is 11.9. The third-order valence-corrected chi connectivity index (χ3v) is 3.65. The van der Waals surface area contributed by atoms with Crippen LogP contribution in [0.25, 0.3) is 0 Å². The number of anilines is 1. The molecule has 28 heavy (non-hydrogen) atoms. The lowest BCUT2D eigenvalue weighted by Gasteiger charge is -2.22. The molecule has 1 aromatic rings. The zero-order valence-corrected chi connectivity index (χ0v) is 15.2. The van der Waals surface area contributed by atoms with Gasteiger partial charge in [0.25, 0.3) is 0 Å². The first kappa shape index (κ1) is 23.8. The van der Waals surface area contributed by atoms with Crippen molar-refractivity contribution < 1.29 is 40.7 Å². The number of ether oxygens (including phenoxy) is 1. The van der Waals surface area contributed by atoms with Crippen molar-refractivity contribution in [1.29, 1.82) is 0 Å². The topological polar surface area (TPSA) is 71.5 Å². The maximum absolute atomic E-state index is 12.5. The minimum absolute atomic E-state index is 0.128.